The van der Waals surface area contributed by atoms with E-state index in [9.17, 15) is 14.7 Å². The number of likely N-dealkylation sites (N-methyl/N-ethyl adjacent to an activating group) is 1. The van der Waals surface area contributed by atoms with Gasteiger partial charge in [0.2, 0.25) is 0 Å². The quantitative estimate of drug-likeness (QED) is 0.280. The van der Waals surface area contributed by atoms with Crippen LogP contribution in [0.15, 0.2) is 60.7 Å². The average Bonchev–Trinajstić information content (AvgIpc) is 3.31. The molecule has 34 heavy (non-hydrogen) atoms. The standard InChI is InChI=1S/C27H30N2O5/c1-5-13-33-21-8-6-7-18(16-21)24-23(26(31)27(32)29(24)12-11-28(3)4)25(30)19-9-10-22-20(15-19)14-17(2)34-22/h5-10,15-17,24,30H,1,11-14H2,2-4H3/b25-23+/t17-,24+/m1/s1. The molecule has 2 aromatic rings. The Morgan fingerprint density at radius 3 is 2.79 bits per heavy atom. The lowest BCUT2D eigenvalue weighted by Crippen LogP contribution is -2.35. The molecule has 0 unspecified atom stereocenters. The van der Waals surface area contributed by atoms with Gasteiger partial charge in [-0.15, -0.1) is 0 Å². The predicted octanol–water partition coefficient (Wildman–Crippen LogP) is 3.56. The number of benzene rings is 2. The third-order valence-corrected chi connectivity index (χ3v) is 6.04. The van der Waals surface area contributed by atoms with Gasteiger partial charge in [-0.2, -0.15) is 0 Å². The van der Waals surface area contributed by atoms with Gasteiger partial charge in [-0.25, -0.2) is 0 Å². The minimum absolute atomic E-state index is 0.0577. The maximum atomic E-state index is 13.2. The fourth-order valence-electron chi connectivity index (χ4n) is 4.42. The first-order valence-corrected chi connectivity index (χ1v) is 11.4. The highest BCUT2D eigenvalue weighted by atomic mass is 16.5. The summed E-state index contributed by atoms with van der Waals surface area (Å²) in [6, 6.07) is 11.9. The Balaban J connectivity index is 1.80. The number of Topliss-reactive ketones (excluding diaryl/α,β-unsaturated/α-hetero) is 1. The molecule has 4 rings (SSSR count). The van der Waals surface area contributed by atoms with E-state index < -0.39 is 17.7 Å². The van der Waals surface area contributed by atoms with Crippen molar-refractivity contribution in [2.24, 2.45) is 0 Å². The summed E-state index contributed by atoms with van der Waals surface area (Å²) < 4.78 is 11.4. The van der Waals surface area contributed by atoms with Crippen molar-refractivity contribution < 1.29 is 24.2 Å². The van der Waals surface area contributed by atoms with Crippen LogP contribution in [0.3, 0.4) is 0 Å². The van der Waals surface area contributed by atoms with E-state index in [0.29, 0.717) is 36.6 Å². The van der Waals surface area contributed by atoms with Crippen molar-refractivity contribution in [3.05, 3.63) is 77.4 Å². The zero-order valence-electron chi connectivity index (χ0n) is 19.8. The zero-order chi connectivity index (χ0) is 24.4. The summed E-state index contributed by atoms with van der Waals surface area (Å²) in [5, 5.41) is 11.3. The molecule has 1 N–H and O–H groups in total. The van der Waals surface area contributed by atoms with E-state index in [1.54, 1.807) is 30.3 Å². The van der Waals surface area contributed by atoms with Crippen LogP contribution in [0.1, 0.15) is 29.7 Å². The summed E-state index contributed by atoms with van der Waals surface area (Å²) >= 11 is 0. The molecule has 0 aliphatic carbocycles. The number of aliphatic hydroxyl groups is 1. The van der Waals surface area contributed by atoms with Crippen LogP contribution in [-0.4, -0.2) is 66.5 Å². The monoisotopic (exact) mass is 462 g/mol. The second-order valence-corrected chi connectivity index (χ2v) is 8.92. The second kappa shape index (κ2) is 9.73. The highest BCUT2D eigenvalue weighted by Crippen LogP contribution is 2.41. The minimum Gasteiger partial charge on any atom is -0.507 e. The molecule has 178 valence electrons. The summed E-state index contributed by atoms with van der Waals surface area (Å²) in [6.45, 7) is 6.90. The van der Waals surface area contributed by atoms with Crippen molar-refractivity contribution in [3.8, 4) is 11.5 Å². The Labute approximate surface area is 199 Å². The zero-order valence-corrected chi connectivity index (χ0v) is 19.8. The number of aliphatic hydroxyl groups excluding tert-OH is 1. The SMILES string of the molecule is C=CCOc1cccc([C@H]2/C(=C(\O)c3ccc4c(c3)C[C@@H](C)O4)C(=O)C(=O)N2CCN(C)C)c1. The number of rotatable bonds is 8. The highest BCUT2D eigenvalue weighted by molar-refractivity contribution is 6.46. The third-order valence-electron chi connectivity index (χ3n) is 6.04. The normalized spacial score (nSPS) is 21.0. The number of nitrogens with zero attached hydrogens (tertiary/aromatic N) is 2. The number of fused-ring (bicyclic) bond motifs is 1. The maximum Gasteiger partial charge on any atom is 0.295 e. The van der Waals surface area contributed by atoms with Crippen LogP contribution in [0.2, 0.25) is 0 Å². The number of ether oxygens (including phenoxy) is 2. The molecular formula is C27H30N2O5. The number of hydrogen-bond donors (Lipinski definition) is 1. The molecule has 1 saturated heterocycles. The molecule has 7 nitrogen and oxygen atoms in total. The number of likely N-dealkylation sites (tertiary alicyclic amines) is 1. The fourth-order valence-corrected chi connectivity index (χ4v) is 4.42. The Morgan fingerprint density at radius 2 is 2.06 bits per heavy atom. The summed E-state index contributed by atoms with van der Waals surface area (Å²) in [4.78, 5) is 29.8. The molecule has 0 radical (unpaired) electrons. The number of carbonyl (C=O) groups excluding carboxylic acids is 2. The van der Waals surface area contributed by atoms with Gasteiger partial charge in [0.05, 0.1) is 11.6 Å². The Morgan fingerprint density at radius 1 is 1.26 bits per heavy atom. The van der Waals surface area contributed by atoms with Gasteiger partial charge in [-0.1, -0.05) is 24.8 Å². The van der Waals surface area contributed by atoms with E-state index in [4.69, 9.17) is 9.47 Å². The van der Waals surface area contributed by atoms with E-state index >= 15 is 0 Å². The first-order chi connectivity index (χ1) is 16.3. The van der Waals surface area contributed by atoms with Crippen molar-refractivity contribution >= 4 is 17.4 Å². The number of ketones is 1. The van der Waals surface area contributed by atoms with Gasteiger partial charge < -0.3 is 24.4 Å². The summed E-state index contributed by atoms with van der Waals surface area (Å²) in [5.41, 5.74) is 2.23. The largest absolute Gasteiger partial charge is 0.507 e. The first-order valence-electron chi connectivity index (χ1n) is 11.4. The first kappa shape index (κ1) is 23.6. The van der Waals surface area contributed by atoms with Crippen molar-refractivity contribution in [1.82, 2.24) is 9.80 Å². The number of carbonyl (C=O) groups is 2. The van der Waals surface area contributed by atoms with Crippen LogP contribution in [0.5, 0.6) is 11.5 Å². The van der Waals surface area contributed by atoms with E-state index in [-0.39, 0.29) is 17.4 Å². The van der Waals surface area contributed by atoms with Gasteiger partial charge in [-0.05, 0) is 62.5 Å². The topological polar surface area (TPSA) is 79.3 Å². The van der Waals surface area contributed by atoms with Gasteiger partial charge in [0.1, 0.15) is 30.0 Å². The molecule has 1 fully saturated rings. The molecular weight excluding hydrogens is 432 g/mol. The van der Waals surface area contributed by atoms with Gasteiger partial charge in [0, 0.05) is 25.1 Å². The molecule has 2 heterocycles. The van der Waals surface area contributed by atoms with Gasteiger partial charge >= 0.3 is 0 Å². The maximum absolute atomic E-state index is 13.2. The Bertz CT molecular complexity index is 1150. The average molecular weight is 463 g/mol. The summed E-state index contributed by atoms with van der Waals surface area (Å²) in [5.74, 6) is -0.124. The van der Waals surface area contributed by atoms with Gasteiger partial charge in [-0.3, -0.25) is 9.59 Å². The molecule has 0 saturated carbocycles. The van der Waals surface area contributed by atoms with Crippen molar-refractivity contribution in [2.75, 3.05) is 33.8 Å². The lowest BCUT2D eigenvalue weighted by atomic mass is 9.94. The number of amides is 1. The molecule has 2 atom stereocenters. The second-order valence-electron chi connectivity index (χ2n) is 8.92. The van der Waals surface area contributed by atoms with Crippen LogP contribution in [-0.2, 0) is 16.0 Å². The smallest absolute Gasteiger partial charge is 0.295 e. The molecule has 0 aromatic heterocycles. The van der Waals surface area contributed by atoms with Gasteiger partial charge in [0.15, 0.2) is 0 Å². The Hall–Kier alpha value is -3.58. The Kier molecular flexibility index (Phi) is 6.75. The lowest BCUT2D eigenvalue weighted by molar-refractivity contribution is -0.140. The molecule has 1 amide bonds. The number of hydrogen-bond acceptors (Lipinski definition) is 6. The summed E-state index contributed by atoms with van der Waals surface area (Å²) in [6.07, 6.45) is 2.43. The molecule has 7 heteroatoms. The third kappa shape index (κ3) is 4.56. The minimum atomic E-state index is -0.726. The molecule has 2 aliphatic heterocycles. The summed E-state index contributed by atoms with van der Waals surface area (Å²) in [7, 11) is 3.81. The van der Waals surface area contributed by atoms with Gasteiger partial charge in [0.25, 0.3) is 11.7 Å². The lowest BCUT2D eigenvalue weighted by Gasteiger charge is -2.27. The van der Waals surface area contributed by atoms with Crippen LogP contribution in [0.4, 0.5) is 0 Å². The molecule has 2 aliphatic rings. The van der Waals surface area contributed by atoms with Crippen molar-refractivity contribution in [1.29, 1.82) is 0 Å². The predicted molar refractivity (Wildman–Crippen MR) is 130 cm³/mol. The molecule has 0 bridgehead atoms. The van der Waals surface area contributed by atoms with E-state index in [0.717, 1.165) is 17.7 Å². The van der Waals surface area contributed by atoms with Crippen LogP contribution in [0.25, 0.3) is 5.76 Å². The molecule has 0 spiro atoms. The highest BCUT2D eigenvalue weighted by Gasteiger charge is 2.46. The van der Waals surface area contributed by atoms with Crippen molar-refractivity contribution in [3.63, 3.8) is 0 Å². The van der Waals surface area contributed by atoms with E-state index in [1.807, 2.05) is 44.1 Å². The fraction of sp³-hybridized carbons (Fsp3) is 0.333. The molecule has 2 aromatic carbocycles. The van der Waals surface area contributed by atoms with Crippen LogP contribution >= 0.6 is 0 Å². The van der Waals surface area contributed by atoms with Crippen molar-refractivity contribution in [2.45, 2.75) is 25.5 Å². The van der Waals surface area contributed by atoms with E-state index in [1.165, 1.54) is 4.90 Å². The van der Waals surface area contributed by atoms with E-state index in [2.05, 4.69) is 6.58 Å². The van der Waals surface area contributed by atoms with Crippen LogP contribution < -0.4 is 9.47 Å². The van der Waals surface area contributed by atoms with Crippen LogP contribution in [0, 0.1) is 0 Å².